The molecule has 0 atom stereocenters. The zero-order valence-electron chi connectivity index (χ0n) is 17.2. The second-order valence-corrected chi connectivity index (χ2v) is 8.04. The summed E-state index contributed by atoms with van der Waals surface area (Å²) in [5.41, 5.74) is 4.63. The van der Waals surface area contributed by atoms with E-state index in [-0.39, 0.29) is 5.91 Å². The van der Waals surface area contributed by atoms with E-state index in [1.54, 1.807) is 0 Å². The molecule has 1 N–H and O–H groups in total. The average molecular weight is 409 g/mol. The third-order valence-corrected chi connectivity index (χ3v) is 5.59. The molecule has 1 amide bonds. The molecule has 4 aromatic rings. The Kier molecular flexibility index (Phi) is 5.31. The summed E-state index contributed by atoms with van der Waals surface area (Å²) in [6.45, 7) is 1.38. The molecule has 0 radical (unpaired) electrons. The molecule has 5 nitrogen and oxygen atoms in total. The van der Waals surface area contributed by atoms with Gasteiger partial charge in [-0.05, 0) is 30.4 Å². The maximum absolute atomic E-state index is 13.0. The molecule has 31 heavy (non-hydrogen) atoms. The predicted molar refractivity (Wildman–Crippen MR) is 121 cm³/mol. The summed E-state index contributed by atoms with van der Waals surface area (Å²) in [7, 11) is 0. The fraction of sp³-hybridized carbons (Fsp3) is 0.192. The topological polar surface area (TPSA) is 59.8 Å². The summed E-state index contributed by atoms with van der Waals surface area (Å²) < 4.78 is 2.08. The SMILES string of the molecule is O=C(NCc1ccccc1)c1cc(-c2cnc(-c3ccccc3)nc2)cn1CC1CC1. The van der Waals surface area contributed by atoms with E-state index < -0.39 is 0 Å². The van der Waals surface area contributed by atoms with Crippen molar-refractivity contribution in [2.45, 2.75) is 25.9 Å². The van der Waals surface area contributed by atoms with Gasteiger partial charge in [-0.25, -0.2) is 9.97 Å². The highest BCUT2D eigenvalue weighted by Crippen LogP contribution is 2.32. The molecule has 2 aromatic heterocycles. The Morgan fingerprint density at radius 3 is 2.26 bits per heavy atom. The summed E-state index contributed by atoms with van der Waals surface area (Å²) >= 11 is 0. The highest BCUT2D eigenvalue weighted by molar-refractivity contribution is 5.94. The van der Waals surface area contributed by atoms with Gasteiger partial charge in [0.05, 0.1) is 0 Å². The molecule has 1 fully saturated rings. The van der Waals surface area contributed by atoms with Crippen molar-refractivity contribution in [1.82, 2.24) is 19.9 Å². The first-order chi connectivity index (χ1) is 15.3. The van der Waals surface area contributed by atoms with Gasteiger partial charge in [0.1, 0.15) is 5.69 Å². The van der Waals surface area contributed by atoms with Gasteiger partial charge < -0.3 is 9.88 Å². The van der Waals surface area contributed by atoms with Crippen LogP contribution in [0.25, 0.3) is 22.5 Å². The van der Waals surface area contributed by atoms with E-state index in [1.807, 2.05) is 79.1 Å². The van der Waals surface area contributed by atoms with Crippen LogP contribution in [-0.4, -0.2) is 20.4 Å². The lowest BCUT2D eigenvalue weighted by Gasteiger charge is -2.09. The van der Waals surface area contributed by atoms with Crippen molar-refractivity contribution in [2.75, 3.05) is 0 Å². The highest BCUT2D eigenvalue weighted by Gasteiger charge is 2.24. The van der Waals surface area contributed by atoms with Crippen LogP contribution >= 0.6 is 0 Å². The predicted octanol–water partition coefficient (Wildman–Crippen LogP) is 4.95. The molecule has 5 heteroatoms. The minimum absolute atomic E-state index is 0.0578. The molecule has 2 aromatic carbocycles. The molecular weight excluding hydrogens is 384 g/mol. The first-order valence-corrected chi connectivity index (χ1v) is 10.7. The number of carbonyl (C=O) groups excluding carboxylic acids is 1. The number of nitrogens with one attached hydrogen (secondary N) is 1. The van der Waals surface area contributed by atoms with Crippen molar-refractivity contribution in [1.29, 1.82) is 0 Å². The monoisotopic (exact) mass is 408 g/mol. The van der Waals surface area contributed by atoms with Crippen molar-refractivity contribution >= 4 is 5.91 Å². The summed E-state index contributed by atoms with van der Waals surface area (Å²) in [5.74, 6) is 1.30. The first kappa shape index (κ1) is 19.2. The smallest absolute Gasteiger partial charge is 0.268 e. The second-order valence-electron chi connectivity index (χ2n) is 8.04. The van der Waals surface area contributed by atoms with Gasteiger partial charge in [0.2, 0.25) is 0 Å². The molecular formula is C26H24N4O. The van der Waals surface area contributed by atoms with Crippen LogP contribution in [-0.2, 0) is 13.1 Å². The van der Waals surface area contributed by atoms with Crippen LogP contribution in [0, 0.1) is 5.92 Å². The normalized spacial score (nSPS) is 13.2. The Labute approximate surface area is 181 Å². The van der Waals surface area contributed by atoms with Crippen LogP contribution in [0.5, 0.6) is 0 Å². The maximum Gasteiger partial charge on any atom is 0.268 e. The van der Waals surface area contributed by atoms with E-state index in [2.05, 4.69) is 26.0 Å². The lowest BCUT2D eigenvalue weighted by molar-refractivity contribution is 0.0941. The number of amides is 1. The molecule has 0 unspecified atom stereocenters. The molecule has 154 valence electrons. The molecule has 1 aliphatic rings. The maximum atomic E-state index is 13.0. The number of rotatable bonds is 7. The molecule has 0 saturated heterocycles. The Morgan fingerprint density at radius 2 is 1.58 bits per heavy atom. The first-order valence-electron chi connectivity index (χ1n) is 10.7. The Bertz CT molecular complexity index is 1160. The zero-order valence-corrected chi connectivity index (χ0v) is 17.2. The summed E-state index contributed by atoms with van der Waals surface area (Å²) in [5, 5.41) is 3.05. The molecule has 1 saturated carbocycles. The van der Waals surface area contributed by atoms with Crippen LogP contribution in [0.4, 0.5) is 0 Å². The fourth-order valence-electron chi connectivity index (χ4n) is 3.67. The van der Waals surface area contributed by atoms with Crippen LogP contribution in [0.15, 0.2) is 85.3 Å². The standard InChI is InChI=1S/C26H24N4O/c31-26(29-14-19-7-3-1-4-8-19)24-13-22(18-30(24)17-20-11-12-20)23-15-27-25(28-16-23)21-9-5-2-6-10-21/h1-10,13,15-16,18,20H,11-12,14,17H2,(H,29,31). The number of hydrogen-bond acceptors (Lipinski definition) is 3. The molecule has 0 spiro atoms. The van der Waals surface area contributed by atoms with Crippen molar-refractivity contribution in [3.8, 4) is 22.5 Å². The van der Waals surface area contributed by atoms with Crippen molar-refractivity contribution in [3.63, 3.8) is 0 Å². The quantitative estimate of drug-likeness (QED) is 0.471. The number of benzene rings is 2. The van der Waals surface area contributed by atoms with E-state index in [0.29, 0.717) is 24.0 Å². The number of aromatic nitrogens is 3. The Morgan fingerprint density at radius 1 is 0.903 bits per heavy atom. The van der Waals surface area contributed by atoms with Crippen LogP contribution in [0.3, 0.4) is 0 Å². The average Bonchev–Trinajstić information content (AvgIpc) is 3.55. The lowest BCUT2D eigenvalue weighted by atomic mass is 10.1. The third kappa shape index (κ3) is 4.56. The van der Waals surface area contributed by atoms with Gasteiger partial charge in [0, 0.05) is 48.4 Å². The second kappa shape index (κ2) is 8.56. The Hall–Kier alpha value is -3.73. The van der Waals surface area contributed by atoms with Gasteiger partial charge in [-0.3, -0.25) is 4.79 Å². The van der Waals surface area contributed by atoms with Crippen molar-refractivity contribution in [3.05, 3.63) is 96.6 Å². The third-order valence-electron chi connectivity index (χ3n) is 5.59. The van der Waals surface area contributed by atoms with Gasteiger partial charge >= 0.3 is 0 Å². The summed E-state index contributed by atoms with van der Waals surface area (Å²) in [6.07, 6.45) is 8.17. The summed E-state index contributed by atoms with van der Waals surface area (Å²) in [4.78, 5) is 22.0. The molecule has 0 bridgehead atoms. The van der Waals surface area contributed by atoms with Crippen LogP contribution in [0.2, 0.25) is 0 Å². The van der Waals surface area contributed by atoms with E-state index in [0.717, 1.165) is 28.8 Å². The molecule has 5 rings (SSSR count). The minimum atomic E-state index is -0.0578. The van der Waals surface area contributed by atoms with E-state index in [4.69, 9.17) is 0 Å². The number of carbonyl (C=O) groups is 1. The van der Waals surface area contributed by atoms with Gasteiger partial charge in [-0.15, -0.1) is 0 Å². The molecule has 0 aliphatic heterocycles. The largest absolute Gasteiger partial charge is 0.347 e. The van der Waals surface area contributed by atoms with Crippen molar-refractivity contribution in [2.24, 2.45) is 5.92 Å². The lowest BCUT2D eigenvalue weighted by Crippen LogP contribution is -2.25. The minimum Gasteiger partial charge on any atom is -0.347 e. The van der Waals surface area contributed by atoms with E-state index >= 15 is 0 Å². The highest BCUT2D eigenvalue weighted by atomic mass is 16.1. The van der Waals surface area contributed by atoms with Crippen molar-refractivity contribution < 1.29 is 4.79 Å². The fourth-order valence-corrected chi connectivity index (χ4v) is 3.67. The molecule has 1 aliphatic carbocycles. The number of nitrogens with zero attached hydrogens (tertiary/aromatic N) is 3. The van der Waals surface area contributed by atoms with Gasteiger partial charge in [0.25, 0.3) is 5.91 Å². The van der Waals surface area contributed by atoms with Gasteiger partial charge in [-0.2, -0.15) is 0 Å². The van der Waals surface area contributed by atoms with E-state index in [1.165, 1.54) is 12.8 Å². The number of hydrogen-bond donors (Lipinski definition) is 1. The zero-order chi connectivity index (χ0) is 21.0. The Balaban J connectivity index is 1.38. The van der Waals surface area contributed by atoms with Crippen LogP contribution in [0.1, 0.15) is 28.9 Å². The van der Waals surface area contributed by atoms with Crippen LogP contribution < -0.4 is 5.32 Å². The van der Waals surface area contributed by atoms with Gasteiger partial charge in [-0.1, -0.05) is 60.7 Å². The van der Waals surface area contributed by atoms with Gasteiger partial charge in [0.15, 0.2) is 5.82 Å². The molecule has 2 heterocycles. The summed E-state index contributed by atoms with van der Waals surface area (Å²) in [6, 6.07) is 21.8. The van der Waals surface area contributed by atoms with E-state index in [9.17, 15) is 4.79 Å².